The molecule has 1 N–H and O–H groups in total. The lowest BCUT2D eigenvalue weighted by Crippen LogP contribution is -2.38. The Morgan fingerprint density at radius 1 is 1.18 bits per heavy atom. The standard InChI is InChI=1S/C20H32O7S/c1-15-6-8-16(9-7-15)28(23)13-17(21)18(26-14-25-11-10-24-5)12-19(22)27-20(2,3)4/h6-9,17-18,21H,10-14H2,1-5H3/t17-,18+,28?/m1/s1. The predicted molar refractivity (Wildman–Crippen MR) is 106 cm³/mol. The third-order valence-electron chi connectivity index (χ3n) is 3.62. The topological polar surface area (TPSA) is 91.3 Å². The zero-order valence-corrected chi connectivity index (χ0v) is 18.1. The smallest absolute Gasteiger partial charge is 0.309 e. The highest BCUT2D eigenvalue weighted by Gasteiger charge is 2.28. The van der Waals surface area contributed by atoms with Gasteiger partial charge in [0.25, 0.3) is 0 Å². The van der Waals surface area contributed by atoms with Crippen molar-refractivity contribution in [2.75, 3.05) is 32.9 Å². The molecular formula is C20H32O7S. The van der Waals surface area contributed by atoms with Crippen molar-refractivity contribution in [3.8, 4) is 0 Å². The van der Waals surface area contributed by atoms with E-state index < -0.39 is 34.6 Å². The minimum Gasteiger partial charge on any atom is -0.460 e. The molecule has 0 heterocycles. The molecule has 160 valence electrons. The van der Waals surface area contributed by atoms with E-state index in [-0.39, 0.29) is 19.0 Å². The molecule has 1 rings (SSSR count). The third-order valence-corrected chi connectivity index (χ3v) is 5.06. The van der Waals surface area contributed by atoms with Gasteiger partial charge in [-0.25, -0.2) is 0 Å². The molecule has 1 aromatic carbocycles. The van der Waals surface area contributed by atoms with Crippen LogP contribution < -0.4 is 0 Å². The molecule has 0 aliphatic rings. The molecule has 1 unspecified atom stereocenters. The number of aryl methyl sites for hydroxylation is 1. The molecule has 0 bridgehead atoms. The number of esters is 1. The van der Waals surface area contributed by atoms with Gasteiger partial charge in [-0.3, -0.25) is 9.00 Å². The predicted octanol–water partition coefficient (Wildman–Crippen LogP) is 2.20. The maximum atomic E-state index is 12.5. The van der Waals surface area contributed by atoms with E-state index in [1.165, 1.54) is 0 Å². The zero-order chi connectivity index (χ0) is 21.2. The lowest BCUT2D eigenvalue weighted by Gasteiger charge is -2.25. The van der Waals surface area contributed by atoms with Gasteiger partial charge in [0.15, 0.2) is 0 Å². The molecule has 3 atom stereocenters. The Balaban J connectivity index is 2.70. The summed E-state index contributed by atoms with van der Waals surface area (Å²) in [5.41, 5.74) is 0.410. The SMILES string of the molecule is COCCOCO[C@@H](CC(=O)OC(C)(C)C)[C@H](O)CS(=O)c1ccc(C)cc1. The molecule has 0 saturated heterocycles. The summed E-state index contributed by atoms with van der Waals surface area (Å²) >= 11 is 0. The third kappa shape index (κ3) is 10.3. The molecule has 1 aromatic rings. The van der Waals surface area contributed by atoms with E-state index in [4.69, 9.17) is 18.9 Å². The first-order valence-electron chi connectivity index (χ1n) is 9.15. The van der Waals surface area contributed by atoms with Crippen LogP contribution in [0.2, 0.25) is 0 Å². The summed E-state index contributed by atoms with van der Waals surface area (Å²) in [6.45, 7) is 7.83. The van der Waals surface area contributed by atoms with Crippen molar-refractivity contribution in [3.05, 3.63) is 29.8 Å². The van der Waals surface area contributed by atoms with E-state index in [2.05, 4.69) is 0 Å². The van der Waals surface area contributed by atoms with E-state index in [1.807, 2.05) is 19.1 Å². The normalized spacial score (nSPS) is 15.1. The second kappa shape index (κ2) is 12.3. The molecule has 0 aromatic heterocycles. The van der Waals surface area contributed by atoms with Crippen LogP contribution in [0.1, 0.15) is 32.8 Å². The Labute approximate surface area is 169 Å². The Morgan fingerprint density at radius 2 is 1.82 bits per heavy atom. The molecule has 0 aliphatic carbocycles. The maximum Gasteiger partial charge on any atom is 0.309 e. The minimum atomic E-state index is -1.43. The second-order valence-electron chi connectivity index (χ2n) is 7.41. The minimum absolute atomic E-state index is 0.0609. The van der Waals surface area contributed by atoms with Crippen molar-refractivity contribution in [2.45, 2.75) is 56.8 Å². The Morgan fingerprint density at radius 3 is 2.39 bits per heavy atom. The van der Waals surface area contributed by atoms with Crippen molar-refractivity contribution < 1.29 is 33.1 Å². The molecule has 7 nitrogen and oxygen atoms in total. The number of benzene rings is 1. The number of carbonyl (C=O) groups excluding carboxylic acids is 1. The lowest BCUT2D eigenvalue weighted by molar-refractivity contribution is -0.167. The fourth-order valence-electron chi connectivity index (χ4n) is 2.24. The van der Waals surface area contributed by atoms with E-state index in [1.54, 1.807) is 40.0 Å². The highest BCUT2D eigenvalue weighted by Crippen LogP contribution is 2.16. The first kappa shape index (κ1) is 24.7. The fourth-order valence-corrected chi connectivity index (χ4v) is 3.40. The van der Waals surface area contributed by atoms with Crippen LogP contribution >= 0.6 is 0 Å². The second-order valence-corrected chi connectivity index (χ2v) is 8.90. The summed E-state index contributed by atoms with van der Waals surface area (Å²) in [5, 5.41) is 10.5. The van der Waals surface area contributed by atoms with Crippen LogP contribution in [-0.2, 0) is 34.5 Å². The van der Waals surface area contributed by atoms with Gasteiger partial charge in [-0.2, -0.15) is 0 Å². The van der Waals surface area contributed by atoms with E-state index >= 15 is 0 Å². The van der Waals surface area contributed by atoms with Crippen molar-refractivity contribution in [3.63, 3.8) is 0 Å². The van der Waals surface area contributed by atoms with Gasteiger partial charge in [0.2, 0.25) is 0 Å². The van der Waals surface area contributed by atoms with Gasteiger partial charge in [0.05, 0.1) is 48.4 Å². The first-order chi connectivity index (χ1) is 13.1. The zero-order valence-electron chi connectivity index (χ0n) is 17.3. The van der Waals surface area contributed by atoms with Gasteiger partial charge in [-0.05, 0) is 39.8 Å². The highest BCUT2D eigenvalue weighted by molar-refractivity contribution is 7.85. The van der Waals surface area contributed by atoms with Crippen LogP contribution in [0.25, 0.3) is 0 Å². The Kier molecular flexibility index (Phi) is 10.8. The summed E-state index contributed by atoms with van der Waals surface area (Å²) in [5.74, 6) is -0.566. The van der Waals surface area contributed by atoms with E-state index in [9.17, 15) is 14.1 Å². The number of aliphatic hydroxyl groups is 1. The fraction of sp³-hybridized carbons (Fsp3) is 0.650. The van der Waals surface area contributed by atoms with Gasteiger partial charge >= 0.3 is 5.97 Å². The Hall–Kier alpha value is -1.32. The molecular weight excluding hydrogens is 384 g/mol. The van der Waals surface area contributed by atoms with Gasteiger partial charge in [-0.1, -0.05) is 17.7 Å². The van der Waals surface area contributed by atoms with Crippen LogP contribution in [0.5, 0.6) is 0 Å². The Bertz CT molecular complexity index is 610. The maximum absolute atomic E-state index is 12.5. The number of rotatable bonds is 12. The van der Waals surface area contributed by atoms with Crippen LogP contribution in [0, 0.1) is 6.92 Å². The first-order valence-corrected chi connectivity index (χ1v) is 10.5. The molecule has 0 amide bonds. The molecule has 0 radical (unpaired) electrons. The number of hydrogen-bond acceptors (Lipinski definition) is 7. The van der Waals surface area contributed by atoms with E-state index in [0.29, 0.717) is 18.1 Å². The van der Waals surface area contributed by atoms with Gasteiger partial charge in [0.1, 0.15) is 12.4 Å². The quantitative estimate of drug-likeness (QED) is 0.317. The van der Waals surface area contributed by atoms with E-state index in [0.717, 1.165) is 5.56 Å². The monoisotopic (exact) mass is 416 g/mol. The van der Waals surface area contributed by atoms with Gasteiger partial charge in [0, 0.05) is 12.0 Å². The van der Waals surface area contributed by atoms with Crippen molar-refractivity contribution in [1.82, 2.24) is 0 Å². The van der Waals surface area contributed by atoms with Gasteiger partial charge < -0.3 is 24.1 Å². The summed E-state index contributed by atoms with van der Waals surface area (Å²) in [7, 11) is 0.126. The summed E-state index contributed by atoms with van der Waals surface area (Å²) in [6, 6.07) is 7.24. The van der Waals surface area contributed by atoms with Crippen molar-refractivity contribution in [2.24, 2.45) is 0 Å². The average molecular weight is 417 g/mol. The number of ether oxygens (including phenoxy) is 4. The number of carbonyl (C=O) groups is 1. The van der Waals surface area contributed by atoms with Crippen LogP contribution in [-0.4, -0.2) is 66.0 Å². The van der Waals surface area contributed by atoms with Crippen LogP contribution in [0.15, 0.2) is 29.2 Å². The van der Waals surface area contributed by atoms with Crippen LogP contribution in [0.4, 0.5) is 0 Å². The molecule has 28 heavy (non-hydrogen) atoms. The molecule has 0 saturated carbocycles. The van der Waals surface area contributed by atoms with Crippen LogP contribution in [0.3, 0.4) is 0 Å². The molecule has 0 spiro atoms. The number of hydrogen-bond donors (Lipinski definition) is 1. The molecule has 0 aliphatic heterocycles. The van der Waals surface area contributed by atoms with Crippen molar-refractivity contribution in [1.29, 1.82) is 0 Å². The summed E-state index contributed by atoms with van der Waals surface area (Å²) in [4.78, 5) is 12.8. The molecule has 0 fully saturated rings. The summed E-state index contributed by atoms with van der Waals surface area (Å²) < 4.78 is 33.5. The lowest BCUT2D eigenvalue weighted by atomic mass is 10.1. The summed E-state index contributed by atoms with van der Waals surface area (Å²) in [6.07, 6.45) is -2.19. The van der Waals surface area contributed by atoms with Gasteiger partial charge in [-0.15, -0.1) is 0 Å². The molecule has 8 heteroatoms. The largest absolute Gasteiger partial charge is 0.460 e. The number of aliphatic hydroxyl groups excluding tert-OH is 1. The highest BCUT2D eigenvalue weighted by atomic mass is 32.2. The average Bonchev–Trinajstić information content (AvgIpc) is 2.59. The number of methoxy groups -OCH3 is 1. The van der Waals surface area contributed by atoms with Crippen molar-refractivity contribution >= 4 is 16.8 Å².